The first-order valence-electron chi connectivity index (χ1n) is 6.54. The van der Waals surface area contributed by atoms with Gasteiger partial charge in [-0.3, -0.25) is 5.32 Å². The molecule has 0 fully saturated rings. The van der Waals surface area contributed by atoms with Gasteiger partial charge in [-0.1, -0.05) is 11.6 Å². The lowest BCUT2D eigenvalue weighted by molar-refractivity contribution is 0.130. The van der Waals surface area contributed by atoms with E-state index in [1.165, 1.54) is 0 Å². The Morgan fingerprint density at radius 3 is 2.45 bits per heavy atom. The maximum atomic E-state index is 11.6. The molecule has 6 heteroatoms. The lowest BCUT2D eigenvalue weighted by Crippen LogP contribution is -2.18. The van der Waals surface area contributed by atoms with Crippen LogP contribution in [0.25, 0.3) is 0 Å². The molecule has 1 rings (SSSR count). The van der Waals surface area contributed by atoms with Gasteiger partial charge in [-0.25, -0.2) is 4.79 Å². The van der Waals surface area contributed by atoms with Crippen molar-refractivity contribution in [1.82, 2.24) is 0 Å². The molecule has 0 bridgehead atoms. The molecule has 0 radical (unpaired) electrons. The number of hydrogen-bond donors (Lipinski definition) is 1. The lowest BCUT2D eigenvalue weighted by Gasteiger charge is -2.15. The van der Waals surface area contributed by atoms with Gasteiger partial charge in [0, 0.05) is 11.8 Å². The van der Waals surface area contributed by atoms with Crippen LogP contribution in [0.2, 0.25) is 5.02 Å². The molecular weight excluding hydrogens is 282 g/mol. The molecule has 0 saturated carbocycles. The molecule has 0 unspecified atom stereocenters. The van der Waals surface area contributed by atoms with Crippen LogP contribution in [-0.2, 0) is 4.74 Å². The second-order valence-electron chi connectivity index (χ2n) is 4.23. The highest BCUT2D eigenvalue weighted by atomic mass is 35.5. The van der Waals surface area contributed by atoms with Crippen LogP contribution in [0, 0.1) is 0 Å². The summed E-state index contributed by atoms with van der Waals surface area (Å²) < 4.78 is 15.9. The van der Waals surface area contributed by atoms with Crippen LogP contribution >= 0.6 is 11.6 Å². The topological polar surface area (TPSA) is 56.8 Å². The Balaban J connectivity index is 2.95. The third kappa shape index (κ3) is 4.81. The minimum atomic E-state index is -0.539. The summed E-state index contributed by atoms with van der Waals surface area (Å²) >= 11 is 6.14. The first kappa shape index (κ1) is 16.4. The summed E-state index contributed by atoms with van der Waals surface area (Å²) in [5.74, 6) is 0.959. The molecule has 1 N–H and O–H groups in total. The largest absolute Gasteiger partial charge is 0.490 e. The Hall–Kier alpha value is -1.62. The van der Waals surface area contributed by atoms with Crippen molar-refractivity contribution in [2.75, 3.05) is 18.5 Å². The molecule has 0 aliphatic rings. The van der Waals surface area contributed by atoms with Gasteiger partial charge < -0.3 is 14.2 Å². The van der Waals surface area contributed by atoms with Crippen molar-refractivity contribution in [3.63, 3.8) is 0 Å². The van der Waals surface area contributed by atoms with Gasteiger partial charge >= 0.3 is 6.09 Å². The maximum Gasteiger partial charge on any atom is 0.411 e. The SMILES string of the molecule is CCOc1cc(NC(=O)OC(C)C)cc(Cl)c1OCC. The summed E-state index contributed by atoms with van der Waals surface area (Å²) in [6.07, 6.45) is -0.734. The molecular formula is C14H20ClNO4. The fraction of sp³-hybridized carbons (Fsp3) is 0.500. The van der Waals surface area contributed by atoms with Crippen molar-refractivity contribution in [3.05, 3.63) is 17.2 Å². The van der Waals surface area contributed by atoms with Crippen LogP contribution in [0.15, 0.2) is 12.1 Å². The second kappa shape index (κ2) is 7.85. The van der Waals surface area contributed by atoms with Crippen LogP contribution in [0.3, 0.4) is 0 Å². The molecule has 112 valence electrons. The van der Waals surface area contributed by atoms with Crippen LogP contribution < -0.4 is 14.8 Å². The van der Waals surface area contributed by atoms with Crippen LogP contribution in [0.4, 0.5) is 10.5 Å². The summed E-state index contributed by atoms with van der Waals surface area (Å²) in [6.45, 7) is 8.21. The predicted octanol–water partition coefficient (Wildman–Crippen LogP) is 4.09. The van der Waals surface area contributed by atoms with E-state index in [-0.39, 0.29) is 6.10 Å². The third-order valence-corrected chi connectivity index (χ3v) is 2.47. The van der Waals surface area contributed by atoms with Crippen LogP contribution in [-0.4, -0.2) is 25.4 Å². The number of halogens is 1. The Labute approximate surface area is 124 Å². The van der Waals surface area contributed by atoms with Crippen molar-refractivity contribution >= 4 is 23.4 Å². The molecule has 0 saturated heterocycles. The molecule has 1 aromatic carbocycles. The number of rotatable bonds is 6. The van der Waals surface area contributed by atoms with Crippen molar-refractivity contribution in [1.29, 1.82) is 0 Å². The summed E-state index contributed by atoms with van der Waals surface area (Å²) in [6, 6.07) is 3.25. The van der Waals surface area contributed by atoms with Gasteiger partial charge in [-0.2, -0.15) is 0 Å². The van der Waals surface area contributed by atoms with Crippen molar-refractivity contribution in [3.8, 4) is 11.5 Å². The highest BCUT2D eigenvalue weighted by Gasteiger charge is 2.14. The van der Waals surface area contributed by atoms with Crippen molar-refractivity contribution < 1.29 is 19.0 Å². The fourth-order valence-corrected chi connectivity index (χ4v) is 1.81. The molecule has 0 spiro atoms. The summed E-state index contributed by atoms with van der Waals surface area (Å²) in [7, 11) is 0. The van der Waals surface area contributed by atoms with E-state index in [0.717, 1.165) is 0 Å². The quantitative estimate of drug-likeness (QED) is 0.859. The van der Waals surface area contributed by atoms with E-state index >= 15 is 0 Å². The van der Waals surface area contributed by atoms with Crippen molar-refractivity contribution in [2.24, 2.45) is 0 Å². The van der Waals surface area contributed by atoms with Gasteiger partial charge in [0.05, 0.1) is 24.3 Å². The van der Waals surface area contributed by atoms with E-state index in [0.29, 0.717) is 35.4 Å². The summed E-state index contributed by atoms with van der Waals surface area (Å²) in [4.78, 5) is 11.6. The second-order valence-corrected chi connectivity index (χ2v) is 4.64. The number of ether oxygens (including phenoxy) is 3. The van der Waals surface area contributed by atoms with E-state index in [2.05, 4.69) is 5.32 Å². The number of benzene rings is 1. The molecule has 0 aliphatic heterocycles. The Bertz CT molecular complexity index is 463. The average Bonchev–Trinajstić information content (AvgIpc) is 2.32. The summed E-state index contributed by atoms with van der Waals surface area (Å²) in [5, 5.41) is 2.97. The molecule has 0 aromatic heterocycles. The highest BCUT2D eigenvalue weighted by molar-refractivity contribution is 6.32. The number of nitrogens with one attached hydrogen (secondary N) is 1. The molecule has 0 heterocycles. The first-order chi connectivity index (χ1) is 9.47. The number of anilines is 1. The molecule has 1 aromatic rings. The van der Waals surface area contributed by atoms with E-state index in [1.807, 2.05) is 13.8 Å². The minimum absolute atomic E-state index is 0.195. The predicted molar refractivity (Wildman–Crippen MR) is 79.0 cm³/mol. The average molecular weight is 302 g/mol. The lowest BCUT2D eigenvalue weighted by atomic mass is 10.2. The molecule has 20 heavy (non-hydrogen) atoms. The Kier molecular flexibility index (Phi) is 6.45. The van der Waals surface area contributed by atoms with E-state index in [1.54, 1.807) is 26.0 Å². The molecule has 1 amide bonds. The summed E-state index contributed by atoms with van der Waals surface area (Å²) in [5.41, 5.74) is 0.493. The maximum absolute atomic E-state index is 11.6. The Morgan fingerprint density at radius 2 is 1.90 bits per heavy atom. The molecule has 0 atom stereocenters. The van der Waals surface area contributed by atoms with Crippen LogP contribution in [0.5, 0.6) is 11.5 Å². The number of amides is 1. The van der Waals surface area contributed by atoms with Crippen molar-refractivity contribution in [2.45, 2.75) is 33.8 Å². The van der Waals surface area contributed by atoms with Gasteiger partial charge in [0.15, 0.2) is 11.5 Å². The van der Waals surface area contributed by atoms with E-state index < -0.39 is 6.09 Å². The third-order valence-electron chi connectivity index (χ3n) is 2.19. The number of carbonyl (C=O) groups excluding carboxylic acids is 1. The first-order valence-corrected chi connectivity index (χ1v) is 6.92. The van der Waals surface area contributed by atoms with E-state index in [4.69, 9.17) is 25.8 Å². The fourth-order valence-electron chi connectivity index (χ4n) is 1.55. The van der Waals surface area contributed by atoms with E-state index in [9.17, 15) is 4.79 Å². The zero-order chi connectivity index (χ0) is 15.1. The van der Waals surface area contributed by atoms with Gasteiger partial charge in [-0.05, 0) is 33.8 Å². The standard InChI is InChI=1S/C14H20ClNO4/c1-5-18-12-8-10(16-14(17)20-9(3)4)7-11(15)13(12)19-6-2/h7-9H,5-6H2,1-4H3,(H,16,17). The number of carbonyl (C=O) groups is 1. The van der Waals surface area contributed by atoms with Crippen LogP contribution in [0.1, 0.15) is 27.7 Å². The Morgan fingerprint density at radius 1 is 1.25 bits per heavy atom. The van der Waals surface area contributed by atoms with Gasteiger partial charge in [0.25, 0.3) is 0 Å². The smallest absolute Gasteiger partial charge is 0.411 e. The highest BCUT2D eigenvalue weighted by Crippen LogP contribution is 2.38. The zero-order valence-corrected chi connectivity index (χ0v) is 12.9. The zero-order valence-electron chi connectivity index (χ0n) is 12.2. The van der Waals surface area contributed by atoms with Gasteiger partial charge in [0.1, 0.15) is 0 Å². The minimum Gasteiger partial charge on any atom is -0.490 e. The van der Waals surface area contributed by atoms with Gasteiger partial charge in [0.2, 0.25) is 0 Å². The van der Waals surface area contributed by atoms with Gasteiger partial charge in [-0.15, -0.1) is 0 Å². The normalized spacial score (nSPS) is 10.3. The molecule has 0 aliphatic carbocycles. The molecule has 5 nitrogen and oxygen atoms in total. The number of hydrogen-bond acceptors (Lipinski definition) is 4. The monoisotopic (exact) mass is 301 g/mol.